The fourth-order valence-corrected chi connectivity index (χ4v) is 8.55. The van der Waals surface area contributed by atoms with Crippen LogP contribution in [0, 0.1) is 11.2 Å². The number of para-hydroxylation sites is 1. The summed E-state index contributed by atoms with van der Waals surface area (Å²) >= 11 is 0. The van der Waals surface area contributed by atoms with Crippen LogP contribution in [0.15, 0.2) is 173 Å². The lowest BCUT2D eigenvalue weighted by Gasteiger charge is -2.22. The number of benzene rings is 6. The van der Waals surface area contributed by atoms with E-state index in [9.17, 15) is 4.39 Å². The van der Waals surface area contributed by atoms with Gasteiger partial charge in [0.15, 0.2) is 0 Å². The van der Waals surface area contributed by atoms with E-state index in [-0.39, 0.29) is 11.7 Å². The lowest BCUT2D eigenvalue weighted by atomic mass is 9.83. The number of aliphatic imine (C=N–C) groups is 1. The minimum Gasteiger partial charge on any atom is -0.455 e. The molecule has 10 rings (SSSR count). The van der Waals surface area contributed by atoms with Gasteiger partial charge >= 0.3 is 0 Å². The van der Waals surface area contributed by atoms with E-state index in [1.54, 1.807) is 12.1 Å². The summed E-state index contributed by atoms with van der Waals surface area (Å²) in [5.41, 5.74) is 12.4. The number of hydrogen-bond donors (Lipinski definition) is 1. The fourth-order valence-electron chi connectivity index (χ4n) is 8.55. The van der Waals surface area contributed by atoms with Crippen LogP contribution >= 0.6 is 0 Å². The molecule has 8 aromatic rings. The number of alkyl halides is 1. The summed E-state index contributed by atoms with van der Waals surface area (Å²) in [6, 6.07) is 46.8. The van der Waals surface area contributed by atoms with Crippen LogP contribution in [0.2, 0.25) is 0 Å². The zero-order valence-electron chi connectivity index (χ0n) is 31.4. The van der Waals surface area contributed by atoms with Gasteiger partial charge in [-0.2, -0.15) is 0 Å². The number of nitrogens with zero attached hydrogens (tertiary/aromatic N) is 2. The number of allylic oxidation sites excluding steroid dienone is 3. The maximum Gasteiger partial charge on any atom is 0.143 e. The Balaban J connectivity index is 0.994. The monoisotopic (exact) mass is 757 g/mol. The highest BCUT2D eigenvalue weighted by Gasteiger charge is 2.32. The molecule has 2 aliphatic carbocycles. The van der Waals surface area contributed by atoms with Gasteiger partial charge in [-0.05, 0) is 76.7 Å². The Kier molecular flexibility index (Phi) is 8.94. The van der Waals surface area contributed by atoms with Crippen LogP contribution in [0.25, 0.3) is 56.6 Å². The number of aromatic nitrogens is 1. The molecule has 2 heterocycles. The standard InChI is InChI=1S/C52H37F2N3O/c53-43-20-10-22-48-50(43)42-30-36(39-17-8-7-16-37(39)32-56-46(35-14-5-2-6-15-35)31-45(55)34-12-3-1-4-13-34)26-29-47(42)57(48)38-27-24-33(25-28-38)40-18-9-19-41-51-44(54)21-11-23-49(51)58-52(40)41/h1-19,21-29,31-32,36,43,55H,20,30H2/b46-31-,55-45?,56-32+. The number of furan rings is 1. The van der Waals surface area contributed by atoms with Crippen LogP contribution < -0.4 is 0 Å². The molecule has 0 spiro atoms. The van der Waals surface area contributed by atoms with Gasteiger partial charge in [-0.25, -0.2) is 8.78 Å². The van der Waals surface area contributed by atoms with Crippen LogP contribution in [-0.2, 0) is 6.42 Å². The second-order valence-electron chi connectivity index (χ2n) is 14.8. The van der Waals surface area contributed by atoms with Crippen molar-refractivity contribution >= 4 is 51.7 Å². The van der Waals surface area contributed by atoms with E-state index in [1.807, 2.05) is 109 Å². The molecule has 0 aliphatic heterocycles. The van der Waals surface area contributed by atoms with Crippen molar-refractivity contribution in [3.63, 3.8) is 0 Å². The highest BCUT2D eigenvalue weighted by molar-refractivity contribution is 6.11. The first-order valence-corrected chi connectivity index (χ1v) is 19.5. The van der Waals surface area contributed by atoms with E-state index in [0.717, 1.165) is 67.0 Å². The Morgan fingerprint density at radius 3 is 2.31 bits per heavy atom. The molecule has 2 unspecified atom stereocenters. The Labute approximate surface area is 335 Å². The smallest absolute Gasteiger partial charge is 0.143 e. The summed E-state index contributed by atoms with van der Waals surface area (Å²) < 4.78 is 39.3. The molecule has 6 heteroatoms. The molecule has 2 aromatic heterocycles. The number of nitrogens with one attached hydrogen (secondary N) is 1. The number of hydrogen-bond acceptors (Lipinski definition) is 3. The van der Waals surface area contributed by atoms with Gasteiger partial charge in [0, 0.05) is 52.0 Å². The third-order valence-electron chi connectivity index (χ3n) is 11.3. The third-order valence-corrected chi connectivity index (χ3v) is 11.3. The van der Waals surface area contributed by atoms with Gasteiger partial charge in [0.25, 0.3) is 0 Å². The molecule has 1 N–H and O–H groups in total. The zero-order valence-corrected chi connectivity index (χ0v) is 31.4. The molecule has 58 heavy (non-hydrogen) atoms. The van der Waals surface area contributed by atoms with E-state index >= 15 is 4.39 Å². The normalized spacial score (nSPS) is 16.3. The molecule has 0 saturated heterocycles. The van der Waals surface area contributed by atoms with Gasteiger partial charge in [0.1, 0.15) is 23.2 Å². The van der Waals surface area contributed by atoms with Crippen LogP contribution in [-0.4, -0.2) is 16.5 Å². The van der Waals surface area contributed by atoms with Crippen molar-refractivity contribution in [2.75, 3.05) is 0 Å². The molecule has 2 atom stereocenters. The SMILES string of the molecule is N=C(/C=C(\N=C\c1ccccc1C1C=Cc2c(c3c(n2-c2ccc(-c4cccc5c4oc4cccc(F)c45)cc2)C=CCC3F)C1)c1ccccc1)c1ccccc1. The maximum atomic E-state index is 16.1. The number of halogens is 2. The van der Waals surface area contributed by atoms with E-state index in [0.29, 0.717) is 40.8 Å². The summed E-state index contributed by atoms with van der Waals surface area (Å²) in [6.07, 6.45) is 11.9. The molecule has 280 valence electrons. The van der Waals surface area contributed by atoms with Gasteiger partial charge in [0.2, 0.25) is 0 Å². The zero-order chi connectivity index (χ0) is 39.2. The van der Waals surface area contributed by atoms with E-state index in [2.05, 4.69) is 59.2 Å². The summed E-state index contributed by atoms with van der Waals surface area (Å²) in [5.74, 6) is -0.306. The van der Waals surface area contributed by atoms with Gasteiger partial charge in [0.05, 0.1) is 22.5 Å². The van der Waals surface area contributed by atoms with Crippen molar-refractivity contribution in [3.8, 4) is 16.8 Å². The molecule has 0 amide bonds. The van der Waals surface area contributed by atoms with Gasteiger partial charge < -0.3 is 14.4 Å². The van der Waals surface area contributed by atoms with Crippen molar-refractivity contribution in [1.82, 2.24) is 4.57 Å². The highest BCUT2D eigenvalue weighted by Crippen LogP contribution is 2.45. The molecular weight excluding hydrogens is 721 g/mol. The predicted molar refractivity (Wildman–Crippen MR) is 233 cm³/mol. The van der Waals surface area contributed by atoms with Crippen molar-refractivity contribution in [3.05, 3.63) is 214 Å². The molecule has 0 fully saturated rings. The van der Waals surface area contributed by atoms with Crippen molar-refractivity contribution in [1.29, 1.82) is 5.41 Å². The molecule has 0 radical (unpaired) electrons. The molecule has 0 saturated carbocycles. The second-order valence-corrected chi connectivity index (χ2v) is 14.8. The molecular formula is C52H37F2N3O. The first-order valence-electron chi connectivity index (χ1n) is 19.5. The van der Waals surface area contributed by atoms with Crippen LogP contribution in [0.3, 0.4) is 0 Å². The van der Waals surface area contributed by atoms with Crippen molar-refractivity contribution in [2.45, 2.75) is 24.9 Å². The topological polar surface area (TPSA) is 54.3 Å². The summed E-state index contributed by atoms with van der Waals surface area (Å²) in [4.78, 5) is 4.99. The Morgan fingerprint density at radius 1 is 0.759 bits per heavy atom. The average Bonchev–Trinajstić information content (AvgIpc) is 3.83. The second kappa shape index (κ2) is 14.7. The lowest BCUT2D eigenvalue weighted by Crippen LogP contribution is -2.10. The third kappa shape index (κ3) is 6.23. The average molecular weight is 758 g/mol. The van der Waals surface area contributed by atoms with Gasteiger partial charge in [-0.1, -0.05) is 133 Å². The van der Waals surface area contributed by atoms with E-state index < -0.39 is 6.17 Å². The van der Waals surface area contributed by atoms with E-state index in [4.69, 9.17) is 14.8 Å². The molecule has 0 bridgehead atoms. The molecule has 6 aromatic carbocycles. The summed E-state index contributed by atoms with van der Waals surface area (Å²) in [6.45, 7) is 0. The van der Waals surface area contributed by atoms with Crippen molar-refractivity contribution in [2.24, 2.45) is 4.99 Å². The maximum absolute atomic E-state index is 16.1. The first kappa shape index (κ1) is 35.2. The van der Waals surface area contributed by atoms with Crippen LogP contribution in [0.5, 0.6) is 0 Å². The Morgan fingerprint density at radius 2 is 1.50 bits per heavy atom. The fraction of sp³-hybridized carbons (Fsp3) is 0.0769. The minimum atomic E-state index is -1.11. The quantitative estimate of drug-likeness (QED) is 0.154. The Hall–Kier alpha value is -7.18. The van der Waals surface area contributed by atoms with E-state index in [1.165, 1.54) is 6.07 Å². The predicted octanol–water partition coefficient (Wildman–Crippen LogP) is 13.5. The van der Waals surface area contributed by atoms with Gasteiger partial charge in [-0.15, -0.1) is 0 Å². The van der Waals surface area contributed by atoms with Crippen LogP contribution in [0.4, 0.5) is 8.78 Å². The number of rotatable bonds is 8. The Bertz CT molecular complexity index is 2990. The molecule has 2 aliphatic rings. The summed E-state index contributed by atoms with van der Waals surface area (Å²) in [7, 11) is 0. The van der Waals surface area contributed by atoms with Gasteiger partial charge in [-0.3, -0.25) is 4.99 Å². The minimum absolute atomic E-state index is 0.00325. The summed E-state index contributed by atoms with van der Waals surface area (Å²) in [5, 5.41) is 10.0. The first-order chi connectivity index (χ1) is 28.5. The van der Waals surface area contributed by atoms with Crippen LogP contribution in [0.1, 0.15) is 63.3 Å². The highest BCUT2D eigenvalue weighted by atomic mass is 19.1. The number of fused-ring (bicyclic) bond motifs is 6. The van der Waals surface area contributed by atoms with Crippen molar-refractivity contribution < 1.29 is 13.2 Å². The lowest BCUT2D eigenvalue weighted by molar-refractivity contribution is 0.343. The largest absolute Gasteiger partial charge is 0.455 e. The molecule has 4 nitrogen and oxygen atoms in total.